The van der Waals surface area contributed by atoms with Crippen molar-refractivity contribution in [1.82, 2.24) is 0 Å². The maximum absolute atomic E-state index is 11.1. The van der Waals surface area contributed by atoms with Crippen LogP contribution in [0.4, 0.5) is 0 Å². The Kier molecular flexibility index (Phi) is 5.23. The maximum atomic E-state index is 11.1. The zero-order valence-electron chi connectivity index (χ0n) is 21.6. The van der Waals surface area contributed by atoms with Gasteiger partial charge in [0.1, 0.15) is 0 Å². The summed E-state index contributed by atoms with van der Waals surface area (Å²) in [6.07, 6.45) is 16.2. The Morgan fingerprint density at radius 1 is 0.818 bits per heavy atom. The van der Waals surface area contributed by atoms with Gasteiger partial charge < -0.3 is 5.11 Å². The van der Waals surface area contributed by atoms with Gasteiger partial charge in [0.15, 0.2) is 0 Å². The normalized spacial score (nSPS) is 41.4. The third kappa shape index (κ3) is 3.59. The van der Waals surface area contributed by atoms with E-state index < -0.39 is 0 Å². The second kappa shape index (κ2) is 7.71. The molecule has 0 bridgehead atoms. The van der Waals surface area contributed by atoms with E-state index >= 15 is 0 Å². The first-order valence-corrected chi connectivity index (χ1v) is 14.2. The summed E-state index contributed by atoms with van der Waals surface area (Å²) in [5.74, 6) is 2.79. The summed E-state index contributed by atoms with van der Waals surface area (Å²) in [6, 6.07) is 9.45. The molecule has 1 aromatic rings. The Morgan fingerprint density at radius 3 is 2.27 bits per heavy atom. The summed E-state index contributed by atoms with van der Waals surface area (Å²) in [4.78, 5) is 0. The molecule has 0 saturated heterocycles. The predicted molar refractivity (Wildman–Crippen MR) is 137 cm³/mol. The number of hydrogen-bond acceptors (Lipinski definition) is 1. The minimum absolute atomic E-state index is 0.0992. The van der Waals surface area contributed by atoms with Crippen molar-refractivity contribution >= 4 is 0 Å². The average Bonchev–Trinajstić information content (AvgIpc) is 3.10. The number of rotatable bonds is 1. The Morgan fingerprint density at radius 2 is 1.55 bits per heavy atom. The molecular formula is C32H46O. The molecule has 6 atom stereocenters. The van der Waals surface area contributed by atoms with Crippen LogP contribution < -0.4 is 0 Å². The summed E-state index contributed by atoms with van der Waals surface area (Å²) in [7, 11) is 0. The van der Waals surface area contributed by atoms with Crippen LogP contribution in [-0.2, 0) is 0 Å². The topological polar surface area (TPSA) is 20.2 Å². The number of hydrogen-bond donors (Lipinski definition) is 1. The number of aliphatic hydroxyl groups excluding tert-OH is 1. The number of fused-ring (bicyclic) bond motifs is 4. The summed E-state index contributed by atoms with van der Waals surface area (Å²) in [6.45, 7) is 9.62. The highest BCUT2D eigenvalue weighted by Crippen LogP contribution is 2.66. The van der Waals surface area contributed by atoms with Crippen molar-refractivity contribution in [2.24, 2.45) is 34.0 Å². The van der Waals surface area contributed by atoms with Crippen molar-refractivity contribution in [1.29, 1.82) is 0 Å². The van der Waals surface area contributed by atoms with Crippen LogP contribution in [0.15, 0.2) is 35.4 Å². The lowest BCUT2D eigenvalue weighted by atomic mass is 9.49. The predicted octanol–water partition coefficient (Wildman–Crippen LogP) is 8.35. The van der Waals surface area contributed by atoms with Gasteiger partial charge in [-0.15, -0.1) is 0 Å². The largest absolute Gasteiger partial charge is 0.393 e. The molecule has 4 fully saturated rings. The third-order valence-electron chi connectivity index (χ3n) is 11.7. The van der Waals surface area contributed by atoms with Gasteiger partial charge in [0, 0.05) is 5.92 Å². The van der Waals surface area contributed by atoms with E-state index in [0.717, 1.165) is 24.7 Å². The van der Waals surface area contributed by atoms with Crippen LogP contribution in [-0.4, -0.2) is 11.2 Å². The molecule has 1 N–H and O–H groups in total. The zero-order valence-corrected chi connectivity index (χ0v) is 21.6. The van der Waals surface area contributed by atoms with Crippen molar-refractivity contribution in [3.05, 3.63) is 46.5 Å². The highest BCUT2D eigenvalue weighted by molar-refractivity contribution is 5.41. The monoisotopic (exact) mass is 446 g/mol. The van der Waals surface area contributed by atoms with Gasteiger partial charge in [-0.2, -0.15) is 0 Å². The van der Waals surface area contributed by atoms with Gasteiger partial charge >= 0.3 is 0 Å². The molecule has 5 aliphatic carbocycles. The second-order valence-corrected chi connectivity index (χ2v) is 14.1. The fourth-order valence-electron chi connectivity index (χ4n) is 9.43. The molecule has 4 saturated carbocycles. The summed E-state index contributed by atoms with van der Waals surface area (Å²) in [5, 5.41) is 11.1. The molecule has 180 valence electrons. The first kappa shape index (κ1) is 22.4. The summed E-state index contributed by atoms with van der Waals surface area (Å²) in [5.41, 5.74) is 7.95. The quantitative estimate of drug-likeness (QED) is 0.430. The molecule has 0 aromatic heterocycles. The first-order chi connectivity index (χ1) is 15.7. The molecule has 1 heteroatoms. The lowest BCUT2D eigenvalue weighted by molar-refractivity contribution is -0.00972. The van der Waals surface area contributed by atoms with Crippen LogP contribution in [0.2, 0.25) is 0 Å². The molecule has 0 heterocycles. The Hall–Kier alpha value is -1.08. The zero-order chi connectivity index (χ0) is 23.0. The van der Waals surface area contributed by atoms with Crippen LogP contribution in [0.3, 0.4) is 0 Å². The van der Waals surface area contributed by atoms with Gasteiger partial charge in [-0.3, -0.25) is 0 Å². The molecule has 0 radical (unpaired) electrons. The lowest BCUT2D eigenvalue weighted by Gasteiger charge is -2.55. The van der Waals surface area contributed by atoms with Crippen LogP contribution >= 0.6 is 0 Å². The fourth-order valence-corrected chi connectivity index (χ4v) is 9.43. The maximum Gasteiger partial charge on any atom is 0.0597 e. The highest BCUT2D eigenvalue weighted by atomic mass is 16.3. The highest BCUT2D eigenvalue weighted by Gasteiger charge is 2.57. The molecule has 1 nitrogen and oxygen atoms in total. The van der Waals surface area contributed by atoms with Crippen LogP contribution in [0.5, 0.6) is 0 Å². The van der Waals surface area contributed by atoms with E-state index in [9.17, 15) is 5.11 Å². The van der Waals surface area contributed by atoms with Gasteiger partial charge in [-0.25, -0.2) is 0 Å². The van der Waals surface area contributed by atoms with Gasteiger partial charge in [0.05, 0.1) is 6.10 Å². The molecule has 1 spiro atoms. The van der Waals surface area contributed by atoms with Crippen LogP contribution in [0, 0.1) is 40.9 Å². The van der Waals surface area contributed by atoms with Gasteiger partial charge in [-0.05, 0) is 124 Å². The van der Waals surface area contributed by atoms with Crippen LogP contribution in [0.1, 0.15) is 115 Å². The van der Waals surface area contributed by atoms with E-state index in [4.69, 9.17) is 0 Å². The Labute approximate surface area is 202 Å². The summed E-state index contributed by atoms with van der Waals surface area (Å²) >= 11 is 0. The van der Waals surface area contributed by atoms with E-state index in [1.165, 1.54) is 75.3 Å². The molecule has 33 heavy (non-hydrogen) atoms. The third-order valence-corrected chi connectivity index (χ3v) is 11.7. The molecule has 6 unspecified atom stereocenters. The van der Waals surface area contributed by atoms with E-state index in [2.05, 4.69) is 52.0 Å². The van der Waals surface area contributed by atoms with Crippen molar-refractivity contribution in [3.63, 3.8) is 0 Å². The number of aliphatic hydroxyl groups is 1. The summed E-state index contributed by atoms with van der Waals surface area (Å²) < 4.78 is 0. The minimum Gasteiger partial charge on any atom is -0.393 e. The standard InChI is InChI=1S/C32H46O/c1-21-5-7-22(8-6-21)26-20-31(4)27(11-12-28(31)33)25-10-9-23-19-32(14-13-24(23)29(25)26)17-15-30(2,3)16-18-32/h5-8,23,25-28,33H,9-20H2,1-4H3. The van der Waals surface area contributed by atoms with E-state index in [1.807, 2.05) is 11.1 Å². The van der Waals surface area contributed by atoms with E-state index in [-0.39, 0.29) is 11.5 Å². The van der Waals surface area contributed by atoms with Gasteiger partial charge in [0.25, 0.3) is 0 Å². The SMILES string of the molecule is Cc1ccc(C2CC3(C)C(O)CCC3C3CCC4CC5(CCC4=C23)CCC(C)(C)CC5)cc1. The fraction of sp³-hybridized carbons (Fsp3) is 0.750. The number of allylic oxidation sites excluding steroid dienone is 2. The number of benzene rings is 1. The second-order valence-electron chi connectivity index (χ2n) is 14.1. The average molecular weight is 447 g/mol. The Bertz CT molecular complexity index is 926. The van der Waals surface area contributed by atoms with Crippen molar-refractivity contribution in [3.8, 4) is 0 Å². The molecule has 0 aliphatic heterocycles. The van der Waals surface area contributed by atoms with E-state index in [1.54, 1.807) is 0 Å². The molecular weight excluding hydrogens is 400 g/mol. The molecule has 0 amide bonds. The molecule has 5 aliphatic rings. The van der Waals surface area contributed by atoms with Crippen LogP contribution in [0.25, 0.3) is 0 Å². The minimum atomic E-state index is -0.111. The molecule has 6 rings (SSSR count). The van der Waals surface area contributed by atoms with Crippen molar-refractivity contribution in [2.75, 3.05) is 0 Å². The van der Waals surface area contributed by atoms with Crippen molar-refractivity contribution in [2.45, 2.75) is 117 Å². The van der Waals surface area contributed by atoms with Crippen molar-refractivity contribution < 1.29 is 5.11 Å². The van der Waals surface area contributed by atoms with E-state index in [0.29, 0.717) is 22.7 Å². The van der Waals surface area contributed by atoms with Gasteiger partial charge in [-0.1, -0.05) is 61.7 Å². The molecule has 1 aromatic carbocycles. The number of aryl methyl sites for hydroxylation is 1. The smallest absolute Gasteiger partial charge is 0.0597 e. The lowest BCUT2D eigenvalue weighted by Crippen LogP contribution is -2.46. The first-order valence-electron chi connectivity index (χ1n) is 14.2. The van der Waals surface area contributed by atoms with Gasteiger partial charge in [0.2, 0.25) is 0 Å². The Balaban J connectivity index is 1.38.